The number of hydrogen-bond acceptors (Lipinski definition) is 0. The molecule has 0 nitrogen and oxygen atoms in total. The summed E-state index contributed by atoms with van der Waals surface area (Å²) >= 11 is 3.39. The van der Waals surface area contributed by atoms with E-state index in [1.165, 1.54) is 11.1 Å². The third-order valence-corrected chi connectivity index (χ3v) is 2.06. The predicted molar refractivity (Wildman–Crippen MR) is 53.0 cm³/mol. The van der Waals surface area contributed by atoms with Gasteiger partial charge in [0, 0.05) is 11.8 Å². The molecule has 11 heavy (non-hydrogen) atoms. The molecular formula is C10H12Br. The standard InChI is InChI=1S/C10H12Br/c1-2-9-5-3-4-6-10(9)7-8-11/h3-7H,2,8H2,1H3. The fourth-order valence-corrected chi connectivity index (χ4v) is 1.49. The van der Waals surface area contributed by atoms with Crippen molar-refractivity contribution in [3.8, 4) is 0 Å². The highest BCUT2D eigenvalue weighted by Crippen LogP contribution is 2.12. The molecule has 0 aromatic heterocycles. The molecule has 0 saturated carbocycles. The highest BCUT2D eigenvalue weighted by atomic mass is 79.9. The van der Waals surface area contributed by atoms with Crippen LogP contribution in [-0.4, -0.2) is 5.33 Å². The van der Waals surface area contributed by atoms with Gasteiger partial charge in [0.2, 0.25) is 0 Å². The SMILES string of the molecule is CCc1ccccc1[CH]CBr. The minimum atomic E-state index is 0.935. The fourth-order valence-electron chi connectivity index (χ4n) is 1.14. The third kappa shape index (κ3) is 2.33. The van der Waals surface area contributed by atoms with Gasteiger partial charge >= 0.3 is 0 Å². The molecule has 0 atom stereocenters. The monoisotopic (exact) mass is 211 g/mol. The van der Waals surface area contributed by atoms with Crippen LogP contribution in [0.3, 0.4) is 0 Å². The number of hydrogen-bond donors (Lipinski definition) is 0. The van der Waals surface area contributed by atoms with Crippen LogP contribution in [0.4, 0.5) is 0 Å². The van der Waals surface area contributed by atoms with Crippen LogP contribution in [0.15, 0.2) is 24.3 Å². The molecule has 0 spiro atoms. The van der Waals surface area contributed by atoms with Gasteiger partial charge in [0.05, 0.1) is 0 Å². The molecule has 0 unspecified atom stereocenters. The van der Waals surface area contributed by atoms with Crippen molar-refractivity contribution in [2.75, 3.05) is 5.33 Å². The van der Waals surface area contributed by atoms with Crippen molar-refractivity contribution in [2.24, 2.45) is 0 Å². The van der Waals surface area contributed by atoms with Crippen molar-refractivity contribution in [1.82, 2.24) is 0 Å². The molecule has 0 bridgehead atoms. The summed E-state index contributed by atoms with van der Waals surface area (Å²) in [4.78, 5) is 0. The molecule has 0 N–H and O–H groups in total. The zero-order chi connectivity index (χ0) is 8.10. The molecule has 1 radical (unpaired) electrons. The Hall–Kier alpha value is -0.300. The van der Waals surface area contributed by atoms with Crippen LogP contribution >= 0.6 is 15.9 Å². The van der Waals surface area contributed by atoms with Crippen LogP contribution in [0.5, 0.6) is 0 Å². The van der Waals surface area contributed by atoms with Crippen molar-refractivity contribution < 1.29 is 0 Å². The quantitative estimate of drug-likeness (QED) is 0.675. The summed E-state index contributed by atoms with van der Waals surface area (Å²) in [6.45, 7) is 2.18. The largest absolute Gasteiger partial charge is 0.0921 e. The lowest BCUT2D eigenvalue weighted by molar-refractivity contribution is 1.11. The number of aryl methyl sites for hydroxylation is 1. The van der Waals surface area contributed by atoms with Gasteiger partial charge in [-0.1, -0.05) is 47.1 Å². The topological polar surface area (TPSA) is 0 Å². The van der Waals surface area contributed by atoms with Crippen LogP contribution in [0.2, 0.25) is 0 Å². The minimum Gasteiger partial charge on any atom is -0.0921 e. The molecule has 0 heterocycles. The minimum absolute atomic E-state index is 0.935. The van der Waals surface area contributed by atoms with Crippen molar-refractivity contribution in [3.63, 3.8) is 0 Å². The van der Waals surface area contributed by atoms with E-state index >= 15 is 0 Å². The maximum absolute atomic E-state index is 3.39. The lowest BCUT2D eigenvalue weighted by Gasteiger charge is -2.03. The van der Waals surface area contributed by atoms with Gasteiger partial charge in [-0.2, -0.15) is 0 Å². The van der Waals surface area contributed by atoms with Gasteiger partial charge in [0.15, 0.2) is 0 Å². The van der Waals surface area contributed by atoms with Gasteiger partial charge in [-0.25, -0.2) is 0 Å². The summed E-state index contributed by atoms with van der Waals surface area (Å²) in [5.41, 5.74) is 2.78. The van der Waals surface area contributed by atoms with Gasteiger partial charge in [-0.05, 0) is 17.5 Å². The highest BCUT2D eigenvalue weighted by molar-refractivity contribution is 9.09. The maximum Gasteiger partial charge on any atom is 0.0106 e. The summed E-state index contributed by atoms with van der Waals surface area (Å²) in [6, 6.07) is 8.49. The van der Waals surface area contributed by atoms with E-state index in [9.17, 15) is 0 Å². The molecule has 1 heteroatoms. The summed E-state index contributed by atoms with van der Waals surface area (Å²) in [5, 5.41) is 0.935. The molecule has 0 aliphatic carbocycles. The van der Waals surface area contributed by atoms with Crippen LogP contribution < -0.4 is 0 Å². The molecule has 59 valence electrons. The molecule has 0 aliphatic heterocycles. The van der Waals surface area contributed by atoms with Gasteiger partial charge < -0.3 is 0 Å². The lowest BCUT2D eigenvalue weighted by atomic mass is 10.0. The van der Waals surface area contributed by atoms with Gasteiger partial charge in [0.25, 0.3) is 0 Å². The van der Waals surface area contributed by atoms with Crippen LogP contribution in [0.25, 0.3) is 0 Å². The molecular weight excluding hydrogens is 200 g/mol. The second kappa shape index (κ2) is 4.55. The molecule has 1 aromatic rings. The Morgan fingerprint density at radius 2 is 2.09 bits per heavy atom. The molecule has 0 aliphatic rings. The first-order chi connectivity index (χ1) is 5.38. The molecule has 0 saturated heterocycles. The van der Waals surface area contributed by atoms with Crippen molar-refractivity contribution in [1.29, 1.82) is 0 Å². The average molecular weight is 212 g/mol. The zero-order valence-corrected chi connectivity index (χ0v) is 8.26. The normalized spacial score (nSPS) is 10.0. The second-order valence-corrected chi connectivity index (χ2v) is 3.06. The predicted octanol–water partition coefficient (Wildman–Crippen LogP) is 3.20. The van der Waals surface area contributed by atoms with Crippen molar-refractivity contribution in [2.45, 2.75) is 13.3 Å². The summed E-state index contributed by atoms with van der Waals surface area (Å²) in [7, 11) is 0. The Bertz CT molecular complexity index is 218. The first-order valence-electron chi connectivity index (χ1n) is 3.85. The third-order valence-electron chi connectivity index (χ3n) is 1.73. The van der Waals surface area contributed by atoms with E-state index in [-0.39, 0.29) is 0 Å². The first kappa shape index (κ1) is 8.79. The Labute approximate surface area is 76.8 Å². The fraction of sp³-hybridized carbons (Fsp3) is 0.300. The molecule has 0 fully saturated rings. The summed E-state index contributed by atoms with van der Waals surface area (Å²) in [5.74, 6) is 0. The smallest absolute Gasteiger partial charge is 0.0106 e. The Kier molecular flexibility index (Phi) is 3.64. The Balaban J connectivity index is 2.83. The first-order valence-corrected chi connectivity index (χ1v) is 4.97. The maximum atomic E-state index is 3.39. The van der Waals surface area contributed by atoms with E-state index in [1.807, 2.05) is 0 Å². The van der Waals surface area contributed by atoms with Gasteiger partial charge in [0.1, 0.15) is 0 Å². The second-order valence-electron chi connectivity index (χ2n) is 2.41. The molecule has 1 aromatic carbocycles. The van der Waals surface area contributed by atoms with Crippen LogP contribution in [-0.2, 0) is 6.42 Å². The van der Waals surface area contributed by atoms with Crippen LogP contribution in [0, 0.1) is 6.42 Å². The number of benzene rings is 1. The summed E-state index contributed by atoms with van der Waals surface area (Å²) < 4.78 is 0. The van der Waals surface area contributed by atoms with E-state index in [0.29, 0.717) is 0 Å². The van der Waals surface area contributed by atoms with E-state index in [0.717, 1.165) is 11.8 Å². The molecule has 0 amide bonds. The van der Waals surface area contributed by atoms with E-state index in [2.05, 4.69) is 53.5 Å². The lowest BCUT2D eigenvalue weighted by Crippen LogP contribution is -1.90. The Morgan fingerprint density at radius 1 is 1.36 bits per heavy atom. The molecule has 1 rings (SSSR count). The number of rotatable bonds is 3. The van der Waals surface area contributed by atoms with Crippen LogP contribution in [0.1, 0.15) is 18.1 Å². The zero-order valence-electron chi connectivity index (χ0n) is 6.68. The van der Waals surface area contributed by atoms with E-state index in [4.69, 9.17) is 0 Å². The number of alkyl halides is 1. The van der Waals surface area contributed by atoms with E-state index in [1.54, 1.807) is 0 Å². The Morgan fingerprint density at radius 3 is 2.73 bits per heavy atom. The highest BCUT2D eigenvalue weighted by Gasteiger charge is 1.97. The number of halogens is 1. The summed E-state index contributed by atoms with van der Waals surface area (Å²) in [6.07, 6.45) is 3.30. The van der Waals surface area contributed by atoms with Gasteiger partial charge in [-0.3, -0.25) is 0 Å². The average Bonchev–Trinajstić information content (AvgIpc) is 2.06. The van der Waals surface area contributed by atoms with Gasteiger partial charge in [-0.15, -0.1) is 0 Å². The van der Waals surface area contributed by atoms with Crippen molar-refractivity contribution in [3.05, 3.63) is 41.8 Å². The van der Waals surface area contributed by atoms with E-state index < -0.39 is 0 Å². The van der Waals surface area contributed by atoms with Crippen molar-refractivity contribution >= 4 is 15.9 Å².